The van der Waals surface area contributed by atoms with Gasteiger partial charge in [-0.15, -0.1) is 0 Å². The standard InChI is InChI=1S/C13H20N2O3/c1-13(2,12(14)16)15-8-9-18-11-6-4-10(17-3)5-7-11/h4-7,15H,8-9H2,1-3H3,(H2,14,16). The van der Waals surface area contributed by atoms with Gasteiger partial charge in [0.05, 0.1) is 12.6 Å². The average molecular weight is 252 g/mol. The maximum atomic E-state index is 11.1. The Bertz CT molecular complexity index is 388. The van der Waals surface area contributed by atoms with Crippen LogP contribution in [0.5, 0.6) is 11.5 Å². The molecule has 3 N–H and O–H groups in total. The van der Waals surface area contributed by atoms with Crippen molar-refractivity contribution < 1.29 is 14.3 Å². The zero-order chi connectivity index (χ0) is 13.6. The van der Waals surface area contributed by atoms with Gasteiger partial charge in [-0.25, -0.2) is 0 Å². The van der Waals surface area contributed by atoms with Crippen molar-refractivity contribution in [2.24, 2.45) is 5.73 Å². The summed E-state index contributed by atoms with van der Waals surface area (Å²) < 4.78 is 10.6. The van der Waals surface area contributed by atoms with Crippen LogP contribution in [0.2, 0.25) is 0 Å². The summed E-state index contributed by atoms with van der Waals surface area (Å²) in [5, 5.41) is 3.03. The SMILES string of the molecule is COc1ccc(OCCNC(C)(C)C(N)=O)cc1. The molecule has 1 rings (SSSR count). The minimum Gasteiger partial charge on any atom is -0.497 e. The second-order valence-electron chi connectivity index (χ2n) is 4.44. The number of hydrogen-bond acceptors (Lipinski definition) is 4. The summed E-state index contributed by atoms with van der Waals surface area (Å²) in [6.07, 6.45) is 0. The van der Waals surface area contributed by atoms with Gasteiger partial charge in [-0.1, -0.05) is 0 Å². The molecule has 0 fully saturated rings. The second-order valence-corrected chi connectivity index (χ2v) is 4.44. The van der Waals surface area contributed by atoms with Gasteiger partial charge in [0.15, 0.2) is 0 Å². The lowest BCUT2D eigenvalue weighted by Crippen LogP contribution is -2.51. The molecule has 0 saturated carbocycles. The van der Waals surface area contributed by atoms with E-state index in [9.17, 15) is 4.79 Å². The fraction of sp³-hybridized carbons (Fsp3) is 0.462. The molecule has 0 unspecified atom stereocenters. The van der Waals surface area contributed by atoms with Crippen molar-refractivity contribution in [1.29, 1.82) is 0 Å². The lowest BCUT2D eigenvalue weighted by atomic mass is 10.1. The fourth-order valence-electron chi connectivity index (χ4n) is 1.29. The summed E-state index contributed by atoms with van der Waals surface area (Å²) in [7, 11) is 1.62. The number of nitrogens with one attached hydrogen (secondary N) is 1. The molecule has 0 saturated heterocycles. The molecule has 0 aliphatic rings. The first-order chi connectivity index (χ1) is 8.45. The van der Waals surface area contributed by atoms with Crippen molar-refractivity contribution in [3.05, 3.63) is 24.3 Å². The van der Waals surface area contributed by atoms with Crippen LogP contribution in [0, 0.1) is 0 Å². The van der Waals surface area contributed by atoms with E-state index in [1.807, 2.05) is 24.3 Å². The van der Waals surface area contributed by atoms with E-state index >= 15 is 0 Å². The number of primary amides is 1. The third-order valence-corrected chi connectivity index (χ3v) is 2.61. The highest BCUT2D eigenvalue weighted by Crippen LogP contribution is 2.16. The number of benzene rings is 1. The zero-order valence-electron chi connectivity index (χ0n) is 11.0. The van der Waals surface area contributed by atoms with Crippen molar-refractivity contribution in [2.75, 3.05) is 20.3 Å². The van der Waals surface area contributed by atoms with E-state index in [1.54, 1.807) is 21.0 Å². The van der Waals surface area contributed by atoms with Crippen molar-refractivity contribution in [3.63, 3.8) is 0 Å². The van der Waals surface area contributed by atoms with Crippen LogP contribution in [0.4, 0.5) is 0 Å². The van der Waals surface area contributed by atoms with Crippen LogP contribution >= 0.6 is 0 Å². The smallest absolute Gasteiger partial charge is 0.237 e. The molecule has 0 aromatic heterocycles. The summed E-state index contributed by atoms with van der Waals surface area (Å²) in [5.74, 6) is 1.16. The molecular weight excluding hydrogens is 232 g/mol. The predicted octanol–water partition coefficient (Wildman–Crippen LogP) is 0.927. The molecule has 1 amide bonds. The van der Waals surface area contributed by atoms with Gasteiger partial charge in [-0.05, 0) is 38.1 Å². The summed E-state index contributed by atoms with van der Waals surface area (Å²) in [4.78, 5) is 11.1. The van der Waals surface area contributed by atoms with Crippen LogP contribution in [0.3, 0.4) is 0 Å². The predicted molar refractivity (Wildman–Crippen MR) is 69.8 cm³/mol. The van der Waals surface area contributed by atoms with Crippen LogP contribution < -0.4 is 20.5 Å². The van der Waals surface area contributed by atoms with E-state index in [1.165, 1.54) is 0 Å². The van der Waals surface area contributed by atoms with Gasteiger partial charge < -0.3 is 20.5 Å². The molecule has 0 spiro atoms. The third kappa shape index (κ3) is 4.25. The van der Waals surface area contributed by atoms with Gasteiger partial charge in [-0.3, -0.25) is 4.79 Å². The van der Waals surface area contributed by atoms with Crippen LogP contribution in [0.15, 0.2) is 24.3 Å². The van der Waals surface area contributed by atoms with Gasteiger partial charge >= 0.3 is 0 Å². The molecule has 0 bridgehead atoms. The van der Waals surface area contributed by atoms with Crippen LogP contribution in [-0.4, -0.2) is 31.7 Å². The number of carbonyl (C=O) groups is 1. The van der Waals surface area contributed by atoms with Gasteiger partial charge in [-0.2, -0.15) is 0 Å². The van der Waals surface area contributed by atoms with Crippen LogP contribution in [-0.2, 0) is 4.79 Å². The second kappa shape index (κ2) is 6.26. The van der Waals surface area contributed by atoms with Gasteiger partial charge in [0.1, 0.15) is 18.1 Å². The van der Waals surface area contributed by atoms with Gasteiger partial charge in [0.2, 0.25) is 5.91 Å². The van der Waals surface area contributed by atoms with E-state index in [0.717, 1.165) is 11.5 Å². The number of methoxy groups -OCH3 is 1. The van der Waals surface area contributed by atoms with Crippen molar-refractivity contribution in [1.82, 2.24) is 5.32 Å². The van der Waals surface area contributed by atoms with E-state index in [0.29, 0.717) is 13.2 Å². The molecule has 0 aliphatic carbocycles. The summed E-state index contributed by atoms with van der Waals surface area (Å²) in [6.45, 7) is 4.48. The number of hydrogen-bond donors (Lipinski definition) is 2. The molecule has 18 heavy (non-hydrogen) atoms. The van der Waals surface area contributed by atoms with E-state index in [2.05, 4.69) is 5.32 Å². The average Bonchev–Trinajstić information content (AvgIpc) is 2.35. The number of nitrogens with two attached hydrogens (primary N) is 1. The maximum Gasteiger partial charge on any atom is 0.237 e. The highest BCUT2D eigenvalue weighted by Gasteiger charge is 2.23. The number of ether oxygens (including phenoxy) is 2. The van der Waals surface area contributed by atoms with Gasteiger partial charge in [0.25, 0.3) is 0 Å². The molecule has 5 heteroatoms. The topological polar surface area (TPSA) is 73.6 Å². The Morgan fingerprint density at radius 3 is 2.33 bits per heavy atom. The molecule has 0 radical (unpaired) electrons. The Kier molecular flexibility index (Phi) is 4.97. The highest BCUT2D eigenvalue weighted by molar-refractivity contribution is 5.83. The van der Waals surface area contributed by atoms with Gasteiger partial charge in [0, 0.05) is 6.54 Å². The maximum absolute atomic E-state index is 11.1. The first-order valence-electron chi connectivity index (χ1n) is 5.77. The Hall–Kier alpha value is -1.75. The molecule has 0 heterocycles. The quantitative estimate of drug-likeness (QED) is 0.708. The number of carbonyl (C=O) groups excluding carboxylic acids is 1. The van der Waals surface area contributed by atoms with E-state index in [-0.39, 0.29) is 5.91 Å². The zero-order valence-corrected chi connectivity index (χ0v) is 11.0. The Balaban J connectivity index is 2.31. The molecule has 100 valence electrons. The monoisotopic (exact) mass is 252 g/mol. The summed E-state index contributed by atoms with van der Waals surface area (Å²) >= 11 is 0. The summed E-state index contributed by atoms with van der Waals surface area (Å²) in [6, 6.07) is 7.32. The first-order valence-corrected chi connectivity index (χ1v) is 5.77. The normalized spacial score (nSPS) is 11.1. The third-order valence-electron chi connectivity index (χ3n) is 2.61. The van der Waals surface area contributed by atoms with E-state index in [4.69, 9.17) is 15.2 Å². The fourth-order valence-corrected chi connectivity index (χ4v) is 1.29. The Labute approximate surface area is 107 Å². The van der Waals surface area contributed by atoms with Crippen molar-refractivity contribution in [3.8, 4) is 11.5 Å². The Morgan fingerprint density at radius 2 is 1.83 bits per heavy atom. The largest absolute Gasteiger partial charge is 0.497 e. The molecule has 0 atom stereocenters. The molecule has 1 aromatic rings. The van der Waals surface area contributed by atoms with E-state index < -0.39 is 5.54 Å². The van der Waals surface area contributed by atoms with Crippen molar-refractivity contribution >= 4 is 5.91 Å². The molecular formula is C13H20N2O3. The minimum atomic E-state index is -0.719. The lowest BCUT2D eigenvalue weighted by molar-refractivity contribution is -0.123. The minimum absolute atomic E-state index is 0.382. The highest BCUT2D eigenvalue weighted by atomic mass is 16.5. The lowest BCUT2D eigenvalue weighted by Gasteiger charge is -2.22. The number of rotatable bonds is 7. The van der Waals surface area contributed by atoms with Crippen LogP contribution in [0.1, 0.15) is 13.8 Å². The number of amides is 1. The molecule has 0 aliphatic heterocycles. The van der Waals surface area contributed by atoms with Crippen molar-refractivity contribution in [2.45, 2.75) is 19.4 Å². The molecule has 1 aromatic carbocycles. The van der Waals surface area contributed by atoms with Crippen LogP contribution in [0.25, 0.3) is 0 Å². The first kappa shape index (κ1) is 14.3. The Morgan fingerprint density at radius 1 is 1.28 bits per heavy atom. The molecule has 5 nitrogen and oxygen atoms in total. The summed E-state index contributed by atoms with van der Waals surface area (Å²) in [5.41, 5.74) is 4.52.